The number of nitrogens with zero attached hydrogens (tertiary/aromatic N) is 1. The standard InChI is InChI=1S/C31H34FN3O4/c32-25-9-8-24(20-33-19-22-6-10-27(11-7-22)39-28-12-13-28)29(18-25)30(36)34-26-14-16-35(17-15-26)31(37)38-21-23-4-2-1-3-5-23/h1-11,18,26,28,33H,12-17,19-21H2,(H,34,36). The number of piperidine rings is 1. The van der Waals surface area contributed by atoms with E-state index in [0.717, 1.165) is 35.3 Å². The van der Waals surface area contributed by atoms with Crippen molar-refractivity contribution >= 4 is 12.0 Å². The van der Waals surface area contributed by atoms with Crippen molar-refractivity contribution in [2.45, 2.75) is 57.5 Å². The van der Waals surface area contributed by atoms with Crippen molar-refractivity contribution in [3.8, 4) is 5.75 Å². The van der Waals surface area contributed by atoms with E-state index in [9.17, 15) is 14.0 Å². The van der Waals surface area contributed by atoms with Gasteiger partial charge in [-0.2, -0.15) is 0 Å². The average Bonchev–Trinajstić information content (AvgIpc) is 3.78. The Morgan fingerprint density at radius 1 is 0.872 bits per heavy atom. The maximum absolute atomic E-state index is 14.1. The highest BCUT2D eigenvalue weighted by Crippen LogP contribution is 2.26. The van der Waals surface area contributed by atoms with E-state index in [-0.39, 0.29) is 24.6 Å². The van der Waals surface area contributed by atoms with Gasteiger partial charge in [0.25, 0.3) is 5.91 Å². The molecule has 2 amide bonds. The molecule has 0 spiro atoms. The van der Waals surface area contributed by atoms with Crippen LogP contribution in [0.5, 0.6) is 5.75 Å². The van der Waals surface area contributed by atoms with Crippen LogP contribution in [0.15, 0.2) is 72.8 Å². The highest BCUT2D eigenvalue weighted by atomic mass is 19.1. The molecule has 8 heteroatoms. The SMILES string of the molecule is O=C(NC1CCN(C(=O)OCc2ccccc2)CC1)c1cc(F)ccc1CNCc1ccc(OC2CC2)cc1. The molecule has 39 heavy (non-hydrogen) atoms. The first-order valence-corrected chi connectivity index (χ1v) is 13.5. The Bertz CT molecular complexity index is 1260. The Morgan fingerprint density at radius 2 is 1.62 bits per heavy atom. The molecule has 3 aromatic rings. The van der Waals surface area contributed by atoms with E-state index in [1.165, 1.54) is 12.1 Å². The van der Waals surface area contributed by atoms with Crippen LogP contribution >= 0.6 is 0 Å². The van der Waals surface area contributed by atoms with Crippen molar-refractivity contribution in [3.05, 3.63) is 101 Å². The number of benzene rings is 3. The van der Waals surface area contributed by atoms with Crippen LogP contribution in [0, 0.1) is 5.82 Å². The second-order valence-electron chi connectivity index (χ2n) is 10.1. The molecule has 1 heterocycles. The van der Waals surface area contributed by atoms with Crippen LogP contribution < -0.4 is 15.4 Å². The molecule has 2 fully saturated rings. The molecular weight excluding hydrogens is 497 g/mol. The zero-order chi connectivity index (χ0) is 27.0. The number of amides is 2. The molecule has 1 aliphatic carbocycles. The van der Waals surface area contributed by atoms with Gasteiger partial charge in [0.1, 0.15) is 18.2 Å². The lowest BCUT2D eigenvalue weighted by Gasteiger charge is -2.31. The largest absolute Gasteiger partial charge is 0.490 e. The Hall–Kier alpha value is -3.91. The van der Waals surface area contributed by atoms with Crippen LogP contribution in [0.4, 0.5) is 9.18 Å². The summed E-state index contributed by atoms with van der Waals surface area (Å²) < 4.78 is 25.3. The van der Waals surface area contributed by atoms with Crippen LogP contribution in [0.3, 0.4) is 0 Å². The highest BCUT2D eigenvalue weighted by Gasteiger charge is 2.26. The van der Waals surface area contributed by atoms with Crippen molar-refractivity contribution in [1.29, 1.82) is 0 Å². The maximum Gasteiger partial charge on any atom is 0.410 e. The lowest BCUT2D eigenvalue weighted by molar-refractivity contribution is 0.0808. The Kier molecular flexibility index (Phi) is 8.73. The fraction of sp³-hybridized carbons (Fsp3) is 0.355. The van der Waals surface area contributed by atoms with E-state index in [4.69, 9.17) is 9.47 Å². The molecule has 0 bridgehead atoms. The fourth-order valence-corrected chi connectivity index (χ4v) is 4.60. The molecule has 7 nitrogen and oxygen atoms in total. The van der Waals surface area contributed by atoms with Crippen molar-refractivity contribution in [3.63, 3.8) is 0 Å². The number of carbonyl (C=O) groups excluding carboxylic acids is 2. The van der Waals surface area contributed by atoms with Gasteiger partial charge in [-0.05, 0) is 66.6 Å². The molecule has 5 rings (SSSR count). The van der Waals surface area contributed by atoms with Gasteiger partial charge in [-0.25, -0.2) is 9.18 Å². The summed E-state index contributed by atoms with van der Waals surface area (Å²) >= 11 is 0. The molecule has 3 aromatic carbocycles. The van der Waals surface area contributed by atoms with Crippen LogP contribution in [-0.2, 0) is 24.4 Å². The van der Waals surface area contributed by atoms with E-state index >= 15 is 0 Å². The quantitative estimate of drug-likeness (QED) is 0.377. The lowest BCUT2D eigenvalue weighted by atomic mass is 10.0. The van der Waals surface area contributed by atoms with Gasteiger partial charge < -0.3 is 25.0 Å². The number of hydrogen-bond donors (Lipinski definition) is 2. The van der Waals surface area contributed by atoms with Gasteiger partial charge in [-0.3, -0.25) is 4.79 Å². The lowest BCUT2D eigenvalue weighted by Crippen LogP contribution is -2.46. The third kappa shape index (κ3) is 7.80. The monoisotopic (exact) mass is 531 g/mol. The number of hydrogen-bond acceptors (Lipinski definition) is 5. The topological polar surface area (TPSA) is 79.9 Å². The minimum absolute atomic E-state index is 0.101. The van der Waals surface area contributed by atoms with Gasteiger partial charge in [0.05, 0.1) is 6.10 Å². The third-order valence-electron chi connectivity index (χ3n) is 7.01. The predicted octanol–water partition coefficient (Wildman–Crippen LogP) is 5.19. The van der Waals surface area contributed by atoms with Crippen molar-refractivity contribution in [1.82, 2.24) is 15.5 Å². The smallest absolute Gasteiger partial charge is 0.410 e. The van der Waals surface area contributed by atoms with Crippen LogP contribution in [0.25, 0.3) is 0 Å². The number of likely N-dealkylation sites (tertiary alicyclic amines) is 1. The molecular formula is C31H34FN3O4. The van der Waals surface area contributed by atoms with Gasteiger partial charge in [-0.1, -0.05) is 48.5 Å². The molecule has 0 radical (unpaired) electrons. The molecule has 0 aromatic heterocycles. The van der Waals surface area contributed by atoms with Gasteiger partial charge >= 0.3 is 6.09 Å². The van der Waals surface area contributed by atoms with Crippen molar-refractivity contribution in [2.75, 3.05) is 13.1 Å². The van der Waals surface area contributed by atoms with E-state index < -0.39 is 5.82 Å². The zero-order valence-corrected chi connectivity index (χ0v) is 21.9. The summed E-state index contributed by atoms with van der Waals surface area (Å²) in [5.41, 5.74) is 3.08. The van der Waals surface area contributed by atoms with E-state index in [0.29, 0.717) is 50.7 Å². The number of halogens is 1. The first-order chi connectivity index (χ1) is 19.0. The molecule has 2 N–H and O–H groups in total. The molecule has 204 valence electrons. The predicted molar refractivity (Wildman–Crippen MR) is 146 cm³/mol. The first kappa shape index (κ1) is 26.7. The molecule has 1 saturated heterocycles. The summed E-state index contributed by atoms with van der Waals surface area (Å²) in [6, 6.07) is 21.7. The Labute approximate surface area is 228 Å². The zero-order valence-electron chi connectivity index (χ0n) is 21.9. The summed E-state index contributed by atoms with van der Waals surface area (Å²) in [7, 11) is 0. The molecule has 0 unspecified atom stereocenters. The van der Waals surface area contributed by atoms with E-state index in [2.05, 4.69) is 10.6 Å². The minimum Gasteiger partial charge on any atom is -0.490 e. The number of ether oxygens (including phenoxy) is 2. The van der Waals surface area contributed by atoms with Crippen molar-refractivity contribution < 1.29 is 23.5 Å². The van der Waals surface area contributed by atoms with E-state index in [1.807, 2.05) is 54.6 Å². The summed E-state index contributed by atoms with van der Waals surface area (Å²) in [5.74, 6) is 0.123. The third-order valence-corrected chi connectivity index (χ3v) is 7.01. The Balaban J connectivity index is 1.08. The van der Waals surface area contributed by atoms with Crippen LogP contribution in [0.1, 0.15) is 52.7 Å². The normalized spacial score (nSPS) is 15.6. The maximum atomic E-state index is 14.1. The van der Waals surface area contributed by atoms with Crippen LogP contribution in [-0.4, -0.2) is 42.1 Å². The van der Waals surface area contributed by atoms with Gasteiger partial charge in [0, 0.05) is 37.8 Å². The Morgan fingerprint density at radius 3 is 2.33 bits per heavy atom. The van der Waals surface area contributed by atoms with Gasteiger partial charge in [0.15, 0.2) is 0 Å². The molecule has 1 saturated carbocycles. The molecule has 1 aliphatic heterocycles. The summed E-state index contributed by atoms with van der Waals surface area (Å²) in [5, 5.41) is 6.38. The highest BCUT2D eigenvalue weighted by molar-refractivity contribution is 5.96. The molecule has 0 atom stereocenters. The fourth-order valence-electron chi connectivity index (χ4n) is 4.60. The minimum atomic E-state index is -0.453. The number of rotatable bonds is 10. The summed E-state index contributed by atoms with van der Waals surface area (Å²) in [4.78, 5) is 27.2. The summed E-state index contributed by atoms with van der Waals surface area (Å²) in [6.07, 6.45) is 3.48. The van der Waals surface area contributed by atoms with Gasteiger partial charge in [-0.15, -0.1) is 0 Å². The second kappa shape index (κ2) is 12.8. The first-order valence-electron chi connectivity index (χ1n) is 13.5. The second-order valence-corrected chi connectivity index (χ2v) is 10.1. The van der Waals surface area contributed by atoms with Gasteiger partial charge in [0.2, 0.25) is 0 Å². The van der Waals surface area contributed by atoms with Crippen molar-refractivity contribution in [2.24, 2.45) is 0 Å². The van der Waals surface area contributed by atoms with Crippen LogP contribution in [0.2, 0.25) is 0 Å². The summed E-state index contributed by atoms with van der Waals surface area (Å²) in [6.45, 7) is 2.24. The average molecular weight is 532 g/mol. The number of nitrogens with one attached hydrogen (secondary N) is 2. The van der Waals surface area contributed by atoms with E-state index in [1.54, 1.807) is 11.0 Å². The number of carbonyl (C=O) groups is 2. The molecule has 2 aliphatic rings.